The van der Waals surface area contributed by atoms with Crippen LogP contribution in [-0.2, 0) is 17.6 Å². The lowest BCUT2D eigenvalue weighted by molar-refractivity contribution is -0.136. The van der Waals surface area contributed by atoms with E-state index in [0.717, 1.165) is 30.6 Å². The van der Waals surface area contributed by atoms with Crippen molar-refractivity contribution in [1.29, 1.82) is 0 Å². The second-order valence-corrected chi connectivity index (χ2v) is 7.95. The van der Waals surface area contributed by atoms with Gasteiger partial charge >= 0.3 is 5.97 Å². The van der Waals surface area contributed by atoms with Gasteiger partial charge < -0.3 is 10.2 Å². The van der Waals surface area contributed by atoms with E-state index in [-0.39, 0.29) is 12.5 Å². The number of carboxylic acids is 1. The third kappa shape index (κ3) is 4.33. The van der Waals surface area contributed by atoms with Crippen LogP contribution in [0.25, 0.3) is 0 Å². The van der Waals surface area contributed by atoms with Crippen LogP contribution in [0.2, 0.25) is 0 Å². The molecular formula is C23H29NO3. The maximum atomic E-state index is 10.8. The number of benzene rings is 2. The molecule has 1 aliphatic heterocycles. The van der Waals surface area contributed by atoms with E-state index in [0.29, 0.717) is 18.1 Å². The Labute approximate surface area is 161 Å². The van der Waals surface area contributed by atoms with E-state index in [4.69, 9.17) is 5.11 Å². The van der Waals surface area contributed by atoms with Gasteiger partial charge in [0.25, 0.3) is 0 Å². The van der Waals surface area contributed by atoms with Gasteiger partial charge in [0.05, 0.1) is 6.04 Å². The zero-order valence-corrected chi connectivity index (χ0v) is 16.4. The lowest BCUT2D eigenvalue weighted by Gasteiger charge is -2.39. The van der Waals surface area contributed by atoms with Crippen molar-refractivity contribution in [2.75, 3.05) is 13.1 Å². The first-order chi connectivity index (χ1) is 12.9. The van der Waals surface area contributed by atoms with Gasteiger partial charge in [-0.15, -0.1) is 0 Å². The molecule has 0 aliphatic carbocycles. The number of phenols is 1. The van der Waals surface area contributed by atoms with Gasteiger partial charge in [0.1, 0.15) is 5.75 Å². The second-order valence-electron chi connectivity index (χ2n) is 7.95. The Bertz CT molecular complexity index is 811. The number of aromatic hydroxyl groups is 1. The van der Waals surface area contributed by atoms with Crippen molar-refractivity contribution < 1.29 is 15.0 Å². The number of aliphatic carboxylic acids is 1. The van der Waals surface area contributed by atoms with Crippen LogP contribution in [0.15, 0.2) is 36.4 Å². The van der Waals surface area contributed by atoms with Gasteiger partial charge in [-0.25, -0.2) is 0 Å². The molecule has 0 radical (unpaired) electrons. The van der Waals surface area contributed by atoms with Crippen LogP contribution >= 0.6 is 0 Å². The Kier molecular flexibility index (Phi) is 5.85. The van der Waals surface area contributed by atoms with Crippen LogP contribution in [0.1, 0.15) is 54.1 Å². The predicted octanol–water partition coefficient (Wildman–Crippen LogP) is 4.32. The monoisotopic (exact) mass is 367 g/mol. The van der Waals surface area contributed by atoms with Crippen molar-refractivity contribution in [3.63, 3.8) is 0 Å². The fourth-order valence-corrected chi connectivity index (χ4v) is 4.11. The number of hydrogen-bond donors (Lipinski definition) is 2. The van der Waals surface area contributed by atoms with Crippen molar-refractivity contribution >= 4 is 5.97 Å². The number of rotatable bonds is 6. The maximum absolute atomic E-state index is 10.8. The van der Waals surface area contributed by atoms with Gasteiger partial charge in [0.15, 0.2) is 0 Å². The maximum Gasteiger partial charge on any atom is 0.303 e. The molecule has 1 heterocycles. The molecule has 3 rings (SSSR count). The molecule has 4 heteroatoms. The summed E-state index contributed by atoms with van der Waals surface area (Å²) in [5, 5.41) is 19.0. The minimum atomic E-state index is -0.765. The van der Waals surface area contributed by atoms with E-state index in [2.05, 4.69) is 36.9 Å². The highest BCUT2D eigenvalue weighted by atomic mass is 16.4. The molecule has 2 aromatic rings. The Morgan fingerprint density at radius 3 is 2.52 bits per heavy atom. The quantitative estimate of drug-likeness (QED) is 0.798. The summed E-state index contributed by atoms with van der Waals surface area (Å²) in [7, 11) is 0. The average Bonchev–Trinajstić information content (AvgIpc) is 2.63. The van der Waals surface area contributed by atoms with Crippen LogP contribution in [-0.4, -0.2) is 34.2 Å². The number of aryl methyl sites for hydroxylation is 1. The van der Waals surface area contributed by atoms with Crippen molar-refractivity contribution in [3.05, 3.63) is 64.2 Å². The van der Waals surface area contributed by atoms with E-state index >= 15 is 0 Å². The second kappa shape index (κ2) is 8.13. The van der Waals surface area contributed by atoms with Gasteiger partial charge in [-0.3, -0.25) is 9.69 Å². The number of phenolic OH excluding ortho intramolecular Hbond substituents is 1. The molecule has 0 fully saturated rings. The summed E-state index contributed by atoms with van der Waals surface area (Å²) >= 11 is 0. The molecule has 2 N–H and O–H groups in total. The largest absolute Gasteiger partial charge is 0.508 e. The summed E-state index contributed by atoms with van der Waals surface area (Å²) in [5.74, 6) is 0.176. The standard InChI is InChI=1S/C23H29NO3/c1-15(2)14-24-13-12-19-16(3)21(25)10-9-20(19)23(24)18-7-4-17(5-8-18)6-11-22(26)27/h4-5,7-10,15,23,25H,6,11-14H2,1-3H3,(H,26,27)/t23-/m1/s1. The summed E-state index contributed by atoms with van der Waals surface area (Å²) in [6.07, 6.45) is 1.67. The molecular weight excluding hydrogens is 338 g/mol. The summed E-state index contributed by atoms with van der Waals surface area (Å²) in [4.78, 5) is 13.3. The van der Waals surface area contributed by atoms with Crippen LogP contribution in [0.4, 0.5) is 0 Å². The van der Waals surface area contributed by atoms with E-state index < -0.39 is 5.97 Å². The minimum absolute atomic E-state index is 0.156. The summed E-state index contributed by atoms with van der Waals surface area (Å²) < 4.78 is 0. The number of carbonyl (C=O) groups is 1. The van der Waals surface area contributed by atoms with Gasteiger partial charge in [-0.05, 0) is 59.6 Å². The molecule has 144 valence electrons. The first-order valence-corrected chi connectivity index (χ1v) is 9.73. The van der Waals surface area contributed by atoms with Crippen LogP contribution < -0.4 is 0 Å². The molecule has 0 saturated heterocycles. The minimum Gasteiger partial charge on any atom is -0.508 e. The zero-order chi connectivity index (χ0) is 19.6. The fourth-order valence-electron chi connectivity index (χ4n) is 4.11. The first-order valence-electron chi connectivity index (χ1n) is 9.73. The molecule has 0 amide bonds. The molecule has 0 bridgehead atoms. The van der Waals surface area contributed by atoms with Gasteiger partial charge in [0.2, 0.25) is 0 Å². The van der Waals surface area contributed by atoms with E-state index in [9.17, 15) is 9.90 Å². The molecule has 4 nitrogen and oxygen atoms in total. The molecule has 27 heavy (non-hydrogen) atoms. The fraction of sp³-hybridized carbons (Fsp3) is 0.435. The van der Waals surface area contributed by atoms with Crippen LogP contribution in [0, 0.1) is 12.8 Å². The lowest BCUT2D eigenvalue weighted by atomic mass is 9.85. The summed E-state index contributed by atoms with van der Waals surface area (Å²) in [6.45, 7) is 8.47. The van der Waals surface area contributed by atoms with Gasteiger partial charge in [-0.1, -0.05) is 44.2 Å². The molecule has 0 aromatic heterocycles. The zero-order valence-electron chi connectivity index (χ0n) is 16.4. The first kappa shape index (κ1) is 19.4. The van der Waals surface area contributed by atoms with Crippen LogP contribution in [0.5, 0.6) is 5.75 Å². The third-order valence-corrected chi connectivity index (χ3v) is 5.44. The highest BCUT2D eigenvalue weighted by molar-refractivity contribution is 5.67. The predicted molar refractivity (Wildman–Crippen MR) is 107 cm³/mol. The Hall–Kier alpha value is -2.33. The average molecular weight is 367 g/mol. The van der Waals surface area contributed by atoms with Crippen molar-refractivity contribution in [1.82, 2.24) is 4.90 Å². The molecule has 1 atom stereocenters. The number of carboxylic acid groups (broad SMARTS) is 1. The number of fused-ring (bicyclic) bond motifs is 1. The van der Waals surface area contributed by atoms with Gasteiger partial charge in [0, 0.05) is 19.5 Å². The molecule has 0 spiro atoms. The topological polar surface area (TPSA) is 60.8 Å². The normalized spacial score (nSPS) is 17.1. The number of hydrogen-bond acceptors (Lipinski definition) is 3. The lowest BCUT2D eigenvalue weighted by Crippen LogP contribution is -2.38. The van der Waals surface area contributed by atoms with E-state index in [1.54, 1.807) is 6.07 Å². The highest BCUT2D eigenvalue weighted by Crippen LogP contribution is 2.39. The van der Waals surface area contributed by atoms with Crippen molar-refractivity contribution in [3.8, 4) is 5.75 Å². The van der Waals surface area contributed by atoms with E-state index in [1.165, 1.54) is 16.7 Å². The molecule has 0 saturated carbocycles. The number of nitrogens with zero attached hydrogens (tertiary/aromatic N) is 1. The SMILES string of the molecule is Cc1c(O)ccc2c1CCN(CC(C)C)[C@@H]2c1ccc(CCC(=O)O)cc1. The van der Waals surface area contributed by atoms with Crippen molar-refractivity contribution in [2.24, 2.45) is 5.92 Å². The molecule has 1 aliphatic rings. The smallest absolute Gasteiger partial charge is 0.303 e. The third-order valence-electron chi connectivity index (χ3n) is 5.44. The highest BCUT2D eigenvalue weighted by Gasteiger charge is 2.30. The Morgan fingerprint density at radius 1 is 1.19 bits per heavy atom. The van der Waals surface area contributed by atoms with E-state index in [1.807, 2.05) is 19.1 Å². The van der Waals surface area contributed by atoms with Crippen molar-refractivity contribution in [2.45, 2.75) is 46.1 Å². The summed E-state index contributed by atoms with van der Waals surface area (Å²) in [5.41, 5.74) is 5.79. The molecule has 2 aromatic carbocycles. The summed E-state index contributed by atoms with van der Waals surface area (Å²) in [6, 6.07) is 12.4. The molecule has 0 unspecified atom stereocenters. The van der Waals surface area contributed by atoms with Gasteiger partial charge in [-0.2, -0.15) is 0 Å². The van der Waals surface area contributed by atoms with Crippen LogP contribution in [0.3, 0.4) is 0 Å². The Balaban J connectivity index is 1.96. The Morgan fingerprint density at radius 2 is 1.89 bits per heavy atom.